The van der Waals surface area contributed by atoms with E-state index in [0.29, 0.717) is 17.8 Å². The second-order valence-corrected chi connectivity index (χ2v) is 5.64. The van der Waals surface area contributed by atoms with Crippen molar-refractivity contribution < 1.29 is 4.39 Å². The average molecular weight is 322 g/mol. The van der Waals surface area contributed by atoms with Crippen molar-refractivity contribution in [2.24, 2.45) is 0 Å². The highest BCUT2D eigenvalue weighted by Gasteiger charge is 2.12. The van der Waals surface area contributed by atoms with Gasteiger partial charge in [0.15, 0.2) is 0 Å². The largest absolute Gasteiger partial charge is 0.359 e. The molecule has 24 heavy (non-hydrogen) atoms. The van der Waals surface area contributed by atoms with Crippen LogP contribution in [0.5, 0.6) is 0 Å². The standard InChI is InChI=1S/C19H19FN4/c1-13(10-21)17-4-6-23-11-15(17)3-7-24-19-9-14-2-5-22-12-16(14)8-18(19)20/h3-4,6-11,21-22,24H,1-2,5,12H2/b7-3+,21-10?. The van der Waals surface area contributed by atoms with Gasteiger partial charge >= 0.3 is 0 Å². The molecule has 1 aliphatic heterocycles. The summed E-state index contributed by atoms with van der Waals surface area (Å²) in [5.74, 6) is -0.266. The third-order valence-corrected chi connectivity index (χ3v) is 4.05. The van der Waals surface area contributed by atoms with Gasteiger partial charge in [0.25, 0.3) is 0 Å². The summed E-state index contributed by atoms with van der Waals surface area (Å²) in [5, 5.41) is 13.6. The van der Waals surface area contributed by atoms with Gasteiger partial charge in [-0.3, -0.25) is 4.98 Å². The average Bonchev–Trinajstić information content (AvgIpc) is 2.62. The number of benzene rings is 1. The Hall–Kier alpha value is -2.79. The number of hydrogen-bond donors (Lipinski definition) is 3. The summed E-state index contributed by atoms with van der Waals surface area (Å²) >= 11 is 0. The third-order valence-electron chi connectivity index (χ3n) is 4.05. The van der Waals surface area contributed by atoms with Gasteiger partial charge in [-0.25, -0.2) is 4.39 Å². The zero-order valence-corrected chi connectivity index (χ0v) is 13.3. The first kappa shape index (κ1) is 16.1. The number of halogens is 1. The van der Waals surface area contributed by atoms with Gasteiger partial charge in [0.2, 0.25) is 0 Å². The predicted octanol–water partition coefficient (Wildman–Crippen LogP) is 3.61. The Labute approximate surface area is 140 Å². The molecule has 0 atom stereocenters. The molecule has 1 aromatic carbocycles. The SMILES string of the molecule is C=C(C=N)c1ccncc1/C=C/Nc1cc2c(cc1F)CNCC2. The third kappa shape index (κ3) is 3.41. The maximum atomic E-state index is 14.2. The van der Waals surface area contributed by atoms with Crippen molar-refractivity contribution in [1.82, 2.24) is 10.3 Å². The molecule has 0 fully saturated rings. The van der Waals surface area contributed by atoms with E-state index in [1.807, 2.05) is 6.07 Å². The first-order chi connectivity index (χ1) is 11.7. The van der Waals surface area contributed by atoms with Gasteiger partial charge in [-0.05, 0) is 59.5 Å². The first-order valence-corrected chi connectivity index (χ1v) is 7.78. The molecule has 0 amide bonds. The second kappa shape index (κ2) is 7.19. The molecule has 0 aliphatic carbocycles. The van der Waals surface area contributed by atoms with Gasteiger partial charge in [0.1, 0.15) is 5.82 Å². The summed E-state index contributed by atoms with van der Waals surface area (Å²) in [5.41, 5.74) is 4.90. The van der Waals surface area contributed by atoms with Crippen molar-refractivity contribution in [3.8, 4) is 0 Å². The van der Waals surface area contributed by atoms with E-state index >= 15 is 0 Å². The molecule has 2 heterocycles. The molecule has 3 rings (SSSR count). The highest BCUT2D eigenvalue weighted by Crippen LogP contribution is 2.23. The lowest BCUT2D eigenvalue weighted by Gasteiger charge is -2.18. The van der Waals surface area contributed by atoms with Crippen molar-refractivity contribution in [3.63, 3.8) is 0 Å². The zero-order chi connectivity index (χ0) is 16.9. The number of allylic oxidation sites excluding steroid dienone is 1. The van der Waals surface area contributed by atoms with Crippen molar-refractivity contribution in [3.05, 3.63) is 71.4 Å². The fourth-order valence-corrected chi connectivity index (χ4v) is 2.74. The summed E-state index contributed by atoms with van der Waals surface area (Å²) in [6, 6.07) is 5.26. The number of nitrogens with one attached hydrogen (secondary N) is 3. The monoisotopic (exact) mass is 322 g/mol. The Balaban J connectivity index is 1.80. The summed E-state index contributed by atoms with van der Waals surface area (Å²) in [7, 11) is 0. The highest BCUT2D eigenvalue weighted by atomic mass is 19.1. The van der Waals surface area contributed by atoms with Crippen LogP contribution in [0.1, 0.15) is 22.3 Å². The lowest BCUT2D eigenvalue weighted by atomic mass is 10.00. The summed E-state index contributed by atoms with van der Waals surface area (Å²) in [6.45, 7) is 5.47. The van der Waals surface area contributed by atoms with Crippen molar-refractivity contribution in [1.29, 1.82) is 5.41 Å². The smallest absolute Gasteiger partial charge is 0.146 e. The summed E-state index contributed by atoms with van der Waals surface area (Å²) in [6.07, 6.45) is 8.95. The molecule has 2 aromatic rings. The summed E-state index contributed by atoms with van der Waals surface area (Å²) < 4.78 is 14.2. The topological polar surface area (TPSA) is 60.8 Å². The molecule has 0 bridgehead atoms. The molecule has 1 aromatic heterocycles. The van der Waals surface area contributed by atoms with Gasteiger partial charge in [0, 0.05) is 36.9 Å². The van der Waals surface area contributed by atoms with Crippen molar-refractivity contribution in [2.45, 2.75) is 13.0 Å². The van der Waals surface area contributed by atoms with Crippen LogP contribution in [0.15, 0.2) is 43.4 Å². The maximum Gasteiger partial charge on any atom is 0.146 e. The Morgan fingerprint density at radius 3 is 3.08 bits per heavy atom. The fourth-order valence-electron chi connectivity index (χ4n) is 2.74. The van der Waals surface area contributed by atoms with Crippen LogP contribution in [-0.2, 0) is 13.0 Å². The van der Waals surface area contributed by atoms with Gasteiger partial charge in [-0.2, -0.15) is 0 Å². The molecule has 1 aliphatic rings. The number of fused-ring (bicyclic) bond motifs is 1. The van der Waals surface area contributed by atoms with Crippen LogP contribution < -0.4 is 10.6 Å². The van der Waals surface area contributed by atoms with E-state index in [9.17, 15) is 4.39 Å². The minimum Gasteiger partial charge on any atom is -0.359 e. The number of rotatable bonds is 5. The molecular weight excluding hydrogens is 303 g/mol. The van der Waals surface area contributed by atoms with Crippen LogP contribution in [0.2, 0.25) is 0 Å². The number of nitrogens with zero attached hydrogens (tertiary/aromatic N) is 1. The number of pyridine rings is 1. The maximum absolute atomic E-state index is 14.2. The minimum atomic E-state index is -0.266. The van der Waals surface area contributed by atoms with Gasteiger partial charge in [0.05, 0.1) is 5.69 Å². The zero-order valence-electron chi connectivity index (χ0n) is 13.3. The molecule has 5 heteroatoms. The van der Waals surface area contributed by atoms with Crippen LogP contribution in [0.3, 0.4) is 0 Å². The van der Waals surface area contributed by atoms with Gasteiger partial charge in [-0.15, -0.1) is 0 Å². The van der Waals surface area contributed by atoms with E-state index in [-0.39, 0.29) is 5.82 Å². The predicted molar refractivity (Wildman–Crippen MR) is 96.5 cm³/mol. The number of aromatic nitrogens is 1. The van der Waals surface area contributed by atoms with E-state index < -0.39 is 0 Å². The lowest BCUT2D eigenvalue weighted by molar-refractivity contribution is 0.607. The molecule has 122 valence electrons. The van der Waals surface area contributed by atoms with Gasteiger partial charge < -0.3 is 16.0 Å². The summed E-state index contributed by atoms with van der Waals surface area (Å²) in [4.78, 5) is 4.09. The van der Waals surface area contributed by atoms with Crippen molar-refractivity contribution >= 4 is 23.6 Å². The lowest BCUT2D eigenvalue weighted by Crippen LogP contribution is -2.23. The quantitative estimate of drug-likeness (QED) is 0.737. The molecule has 0 saturated carbocycles. The van der Waals surface area contributed by atoms with Crippen LogP contribution in [0, 0.1) is 11.2 Å². The molecule has 0 saturated heterocycles. The Morgan fingerprint density at radius 2 is 2.25 bits per heavy atom. The van der Waals surface area contributed by atoms with Crippen LogP contribution >= 0.6 is 0 Å². The first-order valence-electron chi connectivity index (χ1n) is 7.78. The van der Waals surface area contributed by atoms with Crippen LogP contribution in [0.4, 0.5) is 10.1 Å². The van der Waals surface area contributed by atoms with Crippen molar-refractivity contribution in [2.75, 3.05) is 11.9 Å². The van der Waals surface area contributed by atoms with E-state index in [2.05, 4.69) is 22.2 Å². The Morgan fingerprint density at radius 1 is 1.38 bits per heavy atom. The van der Waals surface area contributed by atoms with E-state index in [0.717, 1.165) is 29.7 Å². The highest BCUT2D eigenvalue weighted by molar-refractivity contribution is 6.08. The molecule has 0 spiro atoms. The molecule has 0 unspecified atom stereocenters. The van der Waals surface area contributed by atoms with Crippen LogP contribution in [-0.4, -0.2) is 17.7 Å². The number of hydrogen-bond acceptors (Lipinski definition) is 4. The van der Waals surface area contributed by atoms with E-state index in [1.54, 1.807) is 36.8 Å². The Bertz CT molecular complexity index is 811. The normalized spacial score (nSPS) is 13.5. The molecular formula is C19H19FN4. The van der Waals surface area contributed by atoms with Crippen LogP contribution in [0.25, 0.3) is 11.6 Å². The van der Waals surface area contributed by atoms with E-state index in [1.165, 1.54) is 11.8 Å². The fraction of sp³-hybridized carbons (Fsp3) is 0.158. The molecule has 3 N–H and O–H groups in total. The molecule has 0 radical (unpaired) electrons. The molecule has 4 nitrogen and oxygen atoms in total. The second-order valence-electron chi connectivity index (χ2n) is 5.64. The van der Waals surface area contributed by atoms with Gasteiger partial charge in [-0.1, -0.05) is 6.58 Å². The van der Waals surface area contributed by atoms with E-state index in [4.69, 9.17) is 5.41 Å². The number of anilines is 1. The minimum absolute atomic E-state index is 0.266. The Kier molecular flexibility index (Phi) is 4.82.